The molecule has 0 unspecified atom stereocenters. The minimum atomic E-state index is -0.490. The van der Waals surface area contributed by atoms with Gasteiger partial charge in [0.2, 0.25) is 0 Å². The molecule has 10 nitrogen and oxygen atoms in total. The number of nitrogens with one attached hydrogen (secondary N) is 1. The minimum absolute atomic E-state index is 0.0397. The zero-order valence-electron chi connectivity index (χ0n) is 19.9. The lowest BCUT2D eigenvalue weighted by molar-refractivity contribution is 0.102. The molecule has 0 aliphatic carbocycles. The topological polar surface area (TPSA) is 122 Å². The molecule has 5 aromatic rings. The molecule has 0 saturated carbocycles. The molecule has 180 valence electrons. The largest absolute Gasteiger partial charge is 0.505 e. The van der Waals surface area contributed by atoms with E-state index in [2.05, 4.69) is 35.5 Å². The fourth-order valence-electron chi connectivity index (χ4n) is 3.89. The molecular weight excluding hydrogens is 468 g/mol. The van der Waals surface area contributed by atoms with Crippen LogP contribution in [-0.2, 0) is 0 Å². The summed E-state index contributed by atoms with van der Waals surface area (Å²) in [5, 5.41) is 28.0. The number of aryl methyl sites for hydroxylation is 2. The summed E-state index contributed by atoms with van der Waals surface area (Å²) in [6, 6.07) is 16.1. The number of aromatic hydroxyl groups is 1. The number of azo groups is 1. The van der Waals surface area contributed by atoms with Crippen LogP contribution in [0.15, 0.2) is 83.4 Å². The van der Waals surface area contributed by atoms with Crippen molar-refractivity contribution in [3.05, 3.63) is 101 Å². The fraction of sp³-hybridized carbons (Fsp3) is 0.0741. The molecule has 2 heterocycles. The summed E-state index contributed by atoms with van der Waals surface area (Å²) in [5.74, 6) is -0.524. The molecule has 0 bridgehead atoms. The summed E-state index contributed by atoms with van der Waals surface area (Å²) < 4.78 is 1.28. The average molecular weight is 489 g/mol. The van der Waals surface area contributed by atoms with Gasteiger partial charge in [0.05, 0.1) is 18.3 Å². The third-order valence-corrected chi connectivity index (χ3v) is 5.70. The van der Waals surface area contributed by atoms with Crippen LogP contribution in [-0.4, -0.2) is 30.8 Å². The molecule has 0 aliphatic heterocycles. The van der Waals surface area contributed by atoms with Gasteiger partial charge in [-0.3, -0.25) is 4.79 Å². The number of carbonyl (C=O) groups excluding carboxylic acids is 1. The Morgan fingerprint density at radius 3 is 2.59 bits per heavy atom. The van der Waals surface area contributed by atoms with Crippen LogP contribution >= 0.6 is 0 Å². The van der Waals surface area contributed by atoms with Crippen LogP contribution in [0.2, 0.25) is 0 Å². The molecule has 3 aromatic carbocycles. The Kier molecular flexibility index (Phi) is 6.10. The molecule has 5 rings (SSSR count). The highest BCUT2D eigenvalue weighted by Gasteiger charge is 2.20. The van der Waals surface area contributed by atoms with E-state index >= 15 is 0 Å². The van der Waals surface area contributed by atoms with E-state index in [0.29, 0.717) is 16.5 Å². The summed E-state index contributed by atoms with van der Waals surface area (Å²) >= 11 is 0. The average Bonchev–Trinajstić information content (AvgIpc) is 3.33. The highest BCUT2D eigenvalue weighted by molar-refractivity contribution is 6.12. The Bertz CT molecular complexity index is 1720. The van der Waals surface area contributed by atoms with Crippen molar-refractivity contribution in [3.63, 3.8) is 0 Å². The Morgan fingerprint density at radius 1 is 1.05 bits per heavy atom. The summed E-state index contributed by atoms with van der Waals surface area (Å²) in [6.07, 6.45) is 4.42. The van der Waals surface area contributed by atoms with Crippen molar-refractivity contribution < 1.29 is 9.90 Å². The zero-order chi connectivity index (χ0) is 25.9. The third kappa shape index (κ3) is 4.49. The van der Waals surface area contributed by atoms with Gasteiger partial charge in [-0.1, -0.05) is 42.0 Å². The summed E-state index contributed by atoms with van der Waals surface area (Å²) in [7, 11) is 0. The van der Waals surface area contributed by atoms with E-state index in [0.717, 1.165) is 11.1 Å². The molecule has 10 heteroatoms. The van der Waals surface area contributed by atoms with Crippen molar-refractivity contribution >= 4 is 39.6 Å². The molecule has 2 N–H and O–H groups in total. The molecule has 1 amide bonds. The van der Waals surface area contributed by atoms with Gasteiger partial charge in [-0.15, -0.1) is 10.2 Å². The van der Waals surface area contributed by atoms with Crippen LogP contribution in [0.4, 0.5) is 22.9 Å². The lowest BCUT2D eigenvalue weighted by Gasteiger charge is -2.13. The number of phenols is 1. The van der Waals surface area contributed by atoms with Crippen LogP contribution in [0.5, 0.6) is 5.75 Å². The van der Waals surface area contributed by atoms with Gasteiger partial charge in [0.25, 0.3) is 17.5 Å². The number of phenolic OH excluding ortho intramolecular Hbond substituents is 1. The van der Waals surface area contributed by atoms with Gasteiger partial charge in [-0.05, 0) is 43.0 Å². The Balaban J connectivity index is 1.60. The number of anilines is 1. The van der Waals surface area contributed by atoms with E-state index in [-0.39, 0.29) is 34.5 Å². The first-order valence-corrected chi connectivity index (χ1v) is 11.2. The van der Waals surface area contributed by atoms with E-state index in [1.54, 1.807) is 36.7 Å². The first kappa shape index (κ1) is 23.3. The van der Waals surface area contributed by atoms with Crippen LogP contribution < -0.4 is 5.32 Å². The molecule has 0 aliphatic rings. The Hall–Kier alpha value is -5.43. The number of amides is 1. The van der Waals surface area contributed by atoms with Crippen molar-refractivity contribution in [2.75, 3.05) is 5.32 Å². The lowest BCUT2D eigenvalue weighted by Crippen LogP contribution is -2.13. The van der Waals surface area contributed by atoms with Crippen LogP contribution in [0.25, 0.3) is 21.6 Å². The fourth-order valence-corrected chi connectivity index (χ4v) is 3.89. The Morgan fingerprint density at radius 2 is 1.84 bits per heavy atom. The van der Waals surface area contributed by atoms with Gasteiger partial charge in [0.1, 0.15) is 5.69 Å². The van der Waals surface area contributed by atoms with E-state index in [1.807, 2.05) is 44.2 Å². The van der Waals surface area contributed by atoms with Gasteiger partial charge < -0.3 is 10.4 Å². The van der Waals surface area contributed by atoms with Crippen LogP contribution in [0.3, 0.4) is 0 Å². The van der Waals surface area contributed by atoms with Gasteiger partial charge in [0, 0.05) is 23.5 Å². The molecule has 0 atom stereocenters. The molecule has 37 heavy (non-hydrogen) atoms. The smallest absolute Gasteiger partial charge is 0.259 e. The minimum Gasteiger partial charge on any atom is -0.505 e. The number of fused-ring (bicyclic) bond motifs is 1. The monoisotopic (exact) mass is 488 g/mol. The first-order valence-electron chi connectivity index (χ1n) is 11.2. The molecule has 0 radical (unpaired) electrons. The summed E-state index contributed by atoms with van der Waals surface area (Å²) in [5.41, 5.74) is 2.87. The maximum absolute atomic E-state index is 13.2. The zero-order valence-corrected chi connectivity index (χ0v) is 19.9. The van der Waals surface area contributed by atoms with E-state index in [1.165, 1.54) is 10.9 Å². The highest BCUT2D eigenvalue weighted by Crippen LogP contribution is 2.40. The number of rotatable bonds is 5. The predicted molar refractivity (Wildman–Crippen MR) is 139 cm³/mol. The summed E-state index contributed by atoms with van der Waals surface area (Å²) in [4.78, 5) is 25.0. The number of hydrogen-bond acceptors (Lipinski definition) is 7. The number of hydrogen-bond donors (Lipinski definition) is 2. The molecule has 0 fully saturated rings. The van der Waals surface area contributed by atoms with E-state index in [9.17, 15) is 9.90 Å². The quantitative estimate of drug-likeness (QED) is 0.220. The summed E-state index contributed by atoms with van der Waals surface area (Å²) in [6.45, 7) is 11.3. The van der Waals surface area contributed by atoms with Crippen molar-refractivity contribution in [2.24, 2.45) is 10.2 Å². The van der Waals surface area contributed by atoms with Gasteiger partial charge in [0.15, 0.2) is 11.6 Å². The normalized spacial score (nSPS) is 11.1. The molecule has 0 saturated heterocycles. The molecular formula is C27H20N8O2. The Labute approximate surface area is 211 Å². The van der Waals surface area contributed by atoms with Gasteiger partial charge in [-0.25, -0.2) is 14.8 Å². The number of benzene rings is 3. The molecule has 2 aromatic heterocycles. The predicted octanol–water partition coefficient (Wildman–Crippen LogP) is 6.36. The van der Waals surface area contributed by atoms with Crippen molar-refractivity contribution in [1.82, 2.24) is 19.7 Å². The molecule has 0 spiro atoms. The number of carbonyl (C=O) groups is 1. The standard InChI is InChI=1S/C27H20N8O2/c1-16-9-10-21(17(2)13-16)32-26(37)20-14-18-7-4-5-8-19(18)23(24(20)36)33-34-25-22(28-3)15-31-35(25)27-29-11-6-12-30-27/h4-15,36H,1-2H3,(H,32,37)/b34-33+. The third-order valence-electron chi connectivity index (χ3n) is 5.70. The number of nitrogens with zero attached hydrogens (tertiary/aromatic N) is 7. The first-order chi connectivity index (χ1) is 18.0. The van der Waals surface area contributed by atoms with E-state index < -0.39 is 5.91 Å². The van der Waals surface area contributed by atoms with Crippen LogP contribution in [0, 0.1) is 20.4 Å². The van der Waals surface area contributed by atoms with Crippen molar-refractivity contribution in [2.45, 2.75) is 13.8 Å². The van der Waals surface area contributed by atoms with E-state index in [4.69, 9.17) is 6.57 Å². The highest BCUT2D eigenvalue weighted by atomic mass is 16.3. The van der Waals surface area contributed by atoms with Gasteiger partial charge >= 0.3 is 0 Å². The maximum Gasteiger partial charge on any atom is 0.259 e. The SMILES string of the molecule is [C-]#[N+]c1cnn(-c2ncccn2)c1/N=N/c1c(O)c(C(=O)Nc2ccc(C)cc2C)cc2ccccc12. The lowest BCUT2D eigenvalue weighted by atomic mass is 10.0. The van der Waals surface area contributed by atoms with Gasteiger partial charge in [-0.2, -0.15) is 9.78 Å². The maximum atomic E-state index is 13.2. The van der Waals surface area contributed by atoms with Crippen LogP contribution in [0.1, 0.15) is 21.5 Å². The van der Waals surface area contributed by atoms with Crippen molar-refractivity contribution in [3.8, 4) is 11.7 Å². The second-order valence-electron chi connectivity index (χ2n) is 8.24. The van der Waals surface area contributed by atoms with Crippen molar-refractivity contribution in [1.29, 1.82) is 0 Å². The number of aromatic nitrogens is 4. The second kappa shape index (κ2) is 9.67. The second-order valence-corrected chi connectivity index (χ2v) is 8.24.